The van der Waals surface area contributed by atoms with E-state index in [1.54, 1.807) is 6.07 Å². The minimum Gasteiger partial charge on any atom is -0.496 e. The molecule has 0 saturated heterocycles. The highest BCUT2D eigenvalue weighted by Gasteiger charge is 2.14. The van der Waals surface area contributed by atoms with Crippen molar-refractivity contribution < 1.29 is 19.0 Å². The van der Waals surface area contributed by atoms with Crippen molar-refractivity contribution in [2.24, 2.45) is 0 Å². The van der Waals surface area contributed by atoms with Crippen LogP contribution in [0, 0.1) is 9.39 Å². The molecule has 0 unspecified atom stereocenters. The van der Waals surface area contributed by atoms with E-state index in [-0.39, 0.29) is 10.6 Å². The SMILES string of the molecule is COc1cc(F)c(-c2ccc(C(=O)O)cc2Cl)cc1I. The highest BCUT2D eigenvalue weighted by Crippen LogP contribution is 2.35. The minimum atomic E-state index is -1.08. The maximum Gasteiger partial charge on any atom is 0.335 e. The van der Waals surface area contributed by atoms with Gasteiger partial charge in [0, 0.05) is 22.2 Å². The van der Waals surface area contributed by atoms with Crippen LogP contribution in [0.2, 0.25) is 5.02 Å². The van der Waals surface area contributed by atoms with Gasteiger partial charge in [0.1, 0.15) is 11.6 Å². The van der Waals surface area contributed by atoms with Gasteiger partial charge in [-0.05, 0) is 40.8 Å². The van der Waals surface area contributed by atoms with Gasteiger partial charge in [-0.3, -0.25) is 0 Å². The Hall–Kier alpha value is -1.34. The monoisotopic (exact) mass is 406 g/mol. The van der Waals surface area contributed by atoms with E-state index in [9.17, 15) is 9.18 Å². The standard InChI is InChI=1S/C14H9ClFIO3/c1-20-13-6-11(16)9(5-12(13)17)8-3-2-7(14(18)19)4-10(8)15/h2-6H,1H3,(H,18,19). The zero-order chi connectivity index (χ0) is 14.9. The molecule has 0 amide bonds. The lowest BCUT2D eigenvalue weighted by Crippen LogP contribution is -1.97. The molecule has 1 N–H and O–H groups in total. The lowest BCUT2D eigenvalue weighted by Gasteiger charge is -2.10. The number of carboxylic acids is 1. The Bertz CT molecular complexity index is 688. The Morgan fingerprint density at radius 2 is 2.00 bits per heavy atom. The Kier molecular flexibility index (Phi) is 4.49. The van der Waals surface area contributed by atoms with E-state index in [2.05, 4.69) is 0 Å². The summed E-state index contributed by atoms with van der Waals surface area (Å²) in [4.78, 5) is 10.9. The topological polar surface area (TPSA) is 46.5 Å². The summed E-state index contributed by atoms with van der Waals surface area (Å²) >= 11 is 8.07. The fourth-order valence-corrected chi connectivity index (χ4v) is 2.73. The molecule has 2 rings (SSSR count). The largest absolute Gasteiger partial charge is 0.496 e. The average Bonchev–Trinajstić information content (AvgIpc) is 2.41. The zero-order valence-electron chi connectivity index (χ0n) is 10.3. The van der Waals surface area contributed by atoms with Crippen LogP contribution in [-0.2, 0) is 0 Å². The minimum absolute atomic E-state index is 0.0577. The summed E-state index contributed by atoms with van der Waals surface area (Å²) in [5, 5.41) is 9.07. The summed E-state index contributed by atoms with van der Waals surface area (Å²) in [5.41, 5.74) is 0.800. The van der Waals surface area contributed by atoms with Crippen LogP contribution in [0.25, 0.3) is 11.1 Å². The van der Waals surface area contributed by atoms with Crippen LogP contribution in [0.5, 0.6) is 5.75 Å². The van der Waals surface area contributed by atoms with Gasteiger partial charge in [-0.2, -0.15) is 0 Å². The molecule has 0 aromatic heterocycles. The Morgan fingerprint density at radius 3 is 2.55 bits per heavy atom. The predicted molar refractivity (Wildman–Crippen MR) is 83.1 cm³/mol. The van der Waals surface area contributed by atoms with Gasteiger partial charge < -0.3 is 9.84 Å². The van der Waals surface area contributed by atoms with Crippen molar-refractivity contribution in [1.29, 1.82) is 0 Å². The summed E-state index contributed by atoms with van der Waals surface area (Å²) in [6.07, 6.45) is 0. The highest BCUT2D eigenvalue weighted by atomic mass is 127. The van der Waals surface area contributed by atoms with Gasteiger partial charge in [0.15, 0.2) is 0 Å². The second-order valence-electron chi connectivity index (χ2n) is 3.97. The van der Waals surface area contributed by atoms with Crippen LogP contribution in [-0.4, -0.2) is 18.2 Å². The van der Waals surface area contributed by atoms with Crippen molar-refractivity contribution in [1.82, 2.24) is 0 Å². The molecule has 2 aromatic rings. The van der Waals surface area contributed by atoms with Crippen molar-refractivity contribution >= 4 is 40.2 Å². The third-order valence-electron chi connectivity index (χ3n) is 2.75. The predicted octanol–water partition coefficient (Wildman–Crippen LogP) is 4.46. The molecular weight excluding hydrogens is 398 g/mol. The van der Waals surface area contributed by atoms with Crippen molar-refractivity contribution in [3.8, 4) is 16.9 Å². The quantitative estimate of drug-likeness (QED) is 0.766. The van der Waals surface area contributed by atoms with Crippen LogP contribution in [0.1, 0.15) is 10.4 Å². The van der Waals surface area contributed by atoms with E-state index in [0.29, 0.717) is 16.9 Å². The highest BCUT2D eigenvalue weighted by molar-refractivity contribution is 14.1. The summed E-state index contributed by atoms with van der Waals surface area (Å²) in [6, 6.07) is 7.07. The molecule has 2 aromatic carbocycles. The third kappa shape index (κ3) is 2.88. The molecule has 6 heteroatoms. The number of hydrogen-bond acceptors (Lipinski definition) is 2. The van der Waals surface area contributed by atoms with Gasteiger partial charge in [0.25, 0.3) is 0 Å². The number of halogens is 3. The normalized spacial score (nSPS) is 10.4. The molecule has 0 aliphatic heterocycles. The van der Waals surface area contributed by atoms with Gasteiger partial charge in [-0.15, -0.1) is 0 Å². The van der Waals surface area contributed by atoms with E-state index in [1.807, 2.05) is 22.6 Å². The third-order valence-corrected chi connectivity index (χ3v) is 3.90. The molecule has 0 radical (unpaired) electrons. The second kappa shape index (κ2) is 5.97. The van der Waals surface area contributed by atoms with Crippen LogP contribution >= 0.6 is 34.2 Å². The summed E-state index contributed by atoms with van der Waals surface area (Å²) in [7, 11) is 1.46. The molecule has 0 spiro atoms. The van der Waals surface area contributed by atoms with Crippen molar-refractivity contribution in [2.75, 3.05) is 7.11 Å². The smallest absolute Gasteiger partial charge is 0.335 e. The molecular formula is C14H9ClFIO3. The van der Waals surface area contributed by atoms with Crippen molar-refractivity contribution in [2.45, 2.75) is 0 Å². The summed E-state index contributed by atoms with van der Waals surface area (Å²) in [5.74, 6) is -1.12. The first-order chi connectivity index (χ1) is 9.43. The fourth-order valence-electron chi connectivity index (χ4n) is 1.76. The Labute approximate surface area is 133 Å². The number of ether oxygens (including phenoxy) is 1. The van der Waals surface area contributed by atoms with E-state index < -0.39 is 11.8 Å². The molecule has 0 aliphatic rings. The zero-order valence-corrected chi connectivity index (χ0v) is 13.2. The molecule has 104 valence electrons. The molecule has 0 atom stereocenters. The summed E-state index contributed by atoms with van der Waals surface area (Å²) < 4.78 is 19.9. The molecule has 0 heterocycles. The number of methoxy groups -OCH3 is 1. The Balaban J connectivity index is 2.57. The summed E-state index contributed by atoms with van der Waals surface area (Å²) in [6.45, 7) is 0. The van der Waals surface area contributed by atoms with Gasteiger partial charge in [0.2, 0.25) is 0 Å². The van der Waals surface area contributed by atoms with Gasteiger partial charge in [0.05, 0.1) is 16.2 Å². The van der Waals surface area contributed by atoms with Crippen LogP contribution in [0.3, 0.4) is 0 Å². The number of aromatic carboxylic acids is 1. The van der Waals surface area contributed by atoms with E-state index in [4.69, 9.17) is 21.4 Å². The van der Waals surface area contributed by atoms with Gasteiger partial charge in [-0.1, -0.05) is 17.7 Å². The first-order valence-electron chi connectivity index (χ1n) is 5.50. The maximum atomic E-state index is 14.1. The maximum absolute atomic E-state index is 14.1. The first-order valence-corrected chi connectivity index (χ1v) is 6.96. The van der Waals surface area contributed by atoms with Gasteiger partial charge in [-0.25, -0.2) is 9.18 Å². The van der Waals surface area contributed by atoms with Crippen LogP contribution in [0.15, 0.2) is 30.3 Å². The van der Waals surface area contributed by atoms with Crippen molar-refractivity contribution in [3.05, 3.63) is 50.3 Å². The number of benzene rings is 2. The van der Waals surface area contributed by atoms with Gasteiger partial charge >= 0.3 is 5.97 Å². The average molecular weight is 407 g/mol. The van der Waals surface area contributed by atoms with Crippen molar-refractivity contribution in [3.63, 3.8) is 0 Å². The molecule has 0 fully saturated rings. The molecule has 0 aliphatic carbocycles. The fraction of sp³-hybridized carbons (Fsp3) is 0.0714. The molecule has 0 saturated carbocycles. The van der Waals surface area contributed by atoms with Crippen LogP contribution < -0.4 is 4.74 Å². The number of rotatable bonds is 3. The molecule has 20 heavy (non-hydrogen) atoms. The first kappa shape index (κ1) is 15.1. The second-order valence-corrected chi connectivity index (χ2v) is 5.54. The number of carboxylic acid groups (broad SMARTS) is 1. The molecule has 3 nitrogen and oxygen atoms in total. The lowest BCUT2D eigenvalue weighted by atomic mass is 10.0. The molecule has 0 bridgehead atoms. The van der Waals surface area contributed by atoms with E-state index >= 15 is 0 Å². The lowest BCUT2D eigenvalue weighted by molar-refractivity contribution is 0.0697. The van der Waals surface area contributed by atoms with E-state index in [1.165, 1.54) is 31.4 Å². The number of hydrogen-bond donors (Lipinski definition) is 1. The number of carbonyl (C=O) groups is 1. The Morgan fingerprint density at radius 1 is 1.30 bits per heavy atom. The van der Waals surface area contributed by atoms with E-state index in [0.717, 1.165) is 3.57 Å². The van der Waals surface area contributed by atoms with Crippen LogP contribution in [0.4, 0.5) is 4.39 Å².